The number of hydrogen-bond acceptors (Lipinski definition) is 10. The molecule has 3 atom stereocenters. The fourth-order valence-electron chi connectivity index (χ4n) is 5.91. The number of β-amino-alcohol motifs (C(OH)–C–C–N with tert-alkyl or cyclic N) is 1. The molecule has 0 aliphatic carbocycles. The molecule has 3 aromatic rings. The highest BCUT2D eigenvalue weighted by Gasteiger charge is 2.64. The van der Waals surface area contributed by atoms with Crippen molar-refractivity contribution in [1.82, 2.24) is 14.8 Å². The maximum Gasteiger partial charge on any atom is 0.274 e. The number of likely N-dealkylation sites (tertiary alicyclic amines) is 1. The molecule has 1 saturated heterocycles. The van der Waals surface area contributed by atoms with Crippen molar-refractivity contribution in [2.24, 2.45) is 0 Å². The normalized spacial score (nSPS) is 21.9. The predicted octanol–water partition coefficient (Wildman–Crippen LogP) is 2.26. The Balaban J connectivity index is 1.86. The molecule has 2 aromatic carbocycles. The van der Waals surface area contributed by atoms with E-state index in [1.54, 1.807) is 26.2 Å². The minimum absolute atomic E-state index is 0.00354. The second-order valence-electron chi connectivity index (χ2n) is 10.3. The van der Waals surface area contributed by atoms with Gasteiger partial charge in [-0.25, -0.2) is 17.7 Å². The average molecular weight is 631 g/mol. The number of anilines is 1. The Morgan fingerprint density at radius 1 is 1.07 bits per heavy atom. The van der Waals surface area contributed by atoms with Crippen LogP contribution < -0.4 is 18.5 Å². The first-order valence-corrected chi connectivity index (χ1v) is 15.0. The second-order valence-corrected chi connectivity index (χ2v) is 12.5. The van der Waals surface area contributed by atoms with Gasteiger partial charge in [0.05, 0.1) is 39.2 Å². The first-order chi connectivity index (χ1) is 20.4. The van der Waals surface area contributed by atoms with E-state index in [2.05, 4.69) is 4.98 Å². The predicted molar refractivity (Wildman–Crippen MR) is 157 cm³/mol. The summed E-state index contributed by atoms with van der Waals surface area (Å²) in [6.45, 7) is -0.139. The third-order valence-electron chi connectivity index (χ3n) is 7.74. The largest absolute Gasteiger partial charge is 0.497 e. The van der Waals surface area contributed by atoms with Crippen LogP contribution in [-0.4, -0.2) is 94.2 Å². The Labute approximate surface area is 254 Å². The Morgan fingerprint density at radius 2 is 1.81 bits per heavy atom. The van der Waals surface area contributed by atoms with Crippen LogP contribution in [0.1, 0.15) is 17.5 Å². The van der Waals surface area contributed by atoms with Gasteiger partial charge in [-0.1, -0.05) is 11.6 Å². The van der Waals surface area contributed by atoms with Crippen molar-refractivity contribution in [2.45, 2.75) is 29.0 Å². The monoisotopic (exact) mass is 630 g/mol. The molecular formula is C29H31ClN4O8S. The number of carbonyl (C=O) groups is 2. The fraction of sp³-hybridized carbons (Fsp3) is 0.345. The highest BCUT2D eigenvalue weighted by Crippen LogP contribution is 2.55. The fourth-order valence-corrected chi connectivity index (χ4v) is 7.68. The van der Waals surface area contributed by atoms with Crippen LogP contribution in [0.5, 0.6) is 17.4 Å². The van der Waals surface area contributed by atoms with Crippen LogP contribution in [-0.2, 0) is 25.2 Å². The van der Waals surface area contributed by atoms with Crippen LogP contribution >= 0.6 is 11.6 Å². The molecule has 1 unspecified atom stereocenters. The zero-order valence-electron chi connectivity index (χ0n) is 24.1. The standard InChI is InChI=1S/C29H31ClN4O8S/c1-32(2)27(36)23-14-18(35)16-33(23)29(20-7-6-12-31-26(20)42-5)21-13-17(30)8-10-22(21)34(28(29)37)43(38,39)25-11-9-19(40-3)15-24(25)41-4/h6-13,15,18,23,35H,14,16H2,1-5H3/t18-,23+,29?/m1/s1. The molecule has 2 aliphatic rings. The second kappa shape index (κ2) is 11.3. The molecule has 0 saturated carbocycles. The van der Waals surface area contributed by atoms with Crippen LogP contribution in [0.4, 0.5) is 5.69 Å². The van der Waals surface area contributed by atoms with Gasteiger partial charge >= 0.3 is 0 Å². The lowest BCUT2D eigenvalue weighted by Gasteiger charge is -2.41. The molecule has 14 heteroatoms. The number of amides is 2. The summed E-state index contributed by atoms with van der Waals surface area (Å²) in [6, 6.07) is 10.7. The van der Waals surface area contributed by atoms with Gasteiger partial charge in [0.2, 0.25) is 11.8 Å². The number of sulfonamides is 1. The number of aromatic nitrogens is 1. The van der Waals surface area contributed by atoms with Crippen molar-refractivity contribution in [3.63, 3.8) is 0 Å². The summed E-state index contributed by atoms with van der Waals surface area (Å²) in [5.41, 5.74) is -1.63. The summed E-state index contributed by atoms with van der Waals surface area (Å²) in [4.78, 5) is 35.6. The average Bonchev–Trinajstić information content (AvgIpc) is 3.50. The van der Waals surface area contributed by atoms with E-state index in [1.807, 2.05) is 0 Å². The Morgan fingerprint density at radius 3 is 2.47 bits per heavy atom. The van der Waals surface area contributed by atoms with Gasteiger partial charge in [-0.2, -0.15) is 0 Å². The van der Waals surface area contributed by atoms with E-state index in [1.165, 1.54) is 73.7 Å². The maximum absolute atomic E-state index is 15.1. The van der Waals surface area contributed by atoms with Crippen LogP contribution in [0.25, 0.3) is 0 Å². The molecule has 43 heavy (non-hydrogen) atoms. The number of aliphatic hydroxyl groups is 1. The van der Waals surface area contributed by atoms with E-state index in [9.17, 15) is 18.3 Å². The number of methoxy groups -OCH3 is 3. The summed E-state index contributed by atoms with van der Waals surface area (Å²) in [5, 5.41) is 11.1. The lowest BCUT2D eigenvalue weighted by atomic mass is 9.81. The van der Waals surface area contributed by atoms with E-state index in [0.29, 0.717) is 10.1 Å². The molecule has 0 radical (unpaired) electrons. The molecule has 2 amide bonds. The number of carbonyl (C=O) groups excluding carboxylic acids is 2. The molecular weight excluding hydrogens is 600 g/mol. The number of ether oxygens (including phenoxy) is 3. The summed E-state index contributed by atoms with van der Waals surface area (Å²) < 4.78 is 45.9. The lowest BCUT2D eigenvalue weighted by molar-refractivity contribution is -0.138. The van der Waals surface area contributed by atoms with E-state index >= 15 is 4.79 Å². The van der Waals surface area contributed by atoms with Crippen LogP contribution in [0.3, 0.4) is 0 Å². The summed E-state index contributed by atoms with van der Waals surface area (Å²) in [5.74, 6) is -0.981. The number of fused-ring (bicyclic) bond motifs is 1. The summed E-state index contributed by atoms with van der Waals surface area (Å²) >= 11 is 6.50. The Bertz CT molecular complexity index is 1700. The van der Waals surface area contributed by atoms with E-state index in [4.69, 9.17) is 25.8 Å². The van der Waals surface area contributed by atoms with Crippen molar-refractivity contribution in [2.75, 3.05) is 46.3 Å². The van der Waals surface area contributed by atoms with Gasteiger partial charge in [-0.15, -0.1) is 0 Å². The molecule has 1 fully saturated rings. The molecule has 5 rings (SSSR count). The van der Waals surface area contributed by atoms with Crippen molar-refractivity contribution in [3.05, 3.63) is 70.9 Å². The van der Waals surface area contributed by atoms with Gasteiger partial charge in [0.15, 0.2) is 5.54 Å². The number of pyridine rings is 1. The first kappa shape index (κ1) is 30.5. The molecule has 1 aromatic heterocycles. The molecule has 12 nitrogen and oxygen atoms in total. The topological polar surface area (TPSA) is 139 Å². The quantitative estimate of drug-likeness (QED) is 0.394. The number of likely N-dealkylation sites (N-methyl/N-ethyl adjacent to an activating group) is 1. The third kappa shape index (κ3) is 4.67. The zero-order chi connectivity index (χ0) is 31.3. The van der Waals surface area contributed by atoms with Crippen molar-refractivity contribution >= 4 is 39.1 Å². The third-order valence-corrected chi connectivity index (χ3v) is 9.71. The van der Waals surface area contributed by atoms with E-state index in [0.717, 1.165) is 0 Å². The van der Waals surface area contributed by atoms with Crippen LogP contribution in [0.2, 0.25) is 5.02 Å². The van der Waals surface area contributed by atoms with Gasteiger partial charge in [0.25, 0.3) is 15.9 Å². The SMILES string of the molecule is COc1ccc(S(=O)(=O)N2C(=O)C(c3cccnc3OC)(N3C[C@H](O)C[C@H]3C(=O)N(C)C)c3cc(Cl)ccc32)c(OC)c1. The van der Waals surface area contributed by atoms with Gasteiger partial charge < -0.3 is 24.2 Å². The highest BCUT2D eigenvalue weighted by atomic mass is 35.5. The van der Waals surface area contributed by atoms with Crippen LogP contribution in [0, 0.1) is 0 Å². The molecule has 228 valence electrons. The lowest BCUT2D eigenvalue weighted by Crippen LogP contribution is -2.59. The summed E-state index contributed by atoms with van der Waals surface area (Å²) in [6.07, 6.45) is 0.465. The van der Waals surface area contributed by atoms with E-state index in [-0.39, 0.29) is 57.2 Å². The first-order valence-electron chi connectivity index (χ1n) is 13.2. The van der Waals surface area contributed by atoms with Gasteiger partial charge in [0.1, 0.15) is 16.4 Å². The van der Waals surface area contributed by atoms with Crippen molar-refractivity contribution in [1.29, 1.82) is 0 Å². The smallest absolute Gasteiger partial charge is 0.274 e. The minimum Gasteiger partial charge on any atom is -0.497 e. The molecule has 1 N–H and O–H groups in total. The molecule has 2 aliphatic heterocycles. The molecule has 3 heterocycles. The highest BCUT2D eigenvalue weighted by molar-refractivity contribution is 7.93. The number of nitrogens with zero attached hydrogens (tertiary/aromatic N) is 4. The number of rotatable bonds is 8. The number of halogens is 1. The maximum atomic E-state index is 15.1. The summed E-state index contributed by atoms with van der Waals surface area (Å²) in [7, 11) is 2.58. The van der Waals surface area contributed by atoms with Crippen LogP contribution in [0.15, 0.2) is 59.6 Å². The van der Waals surface area contributed by atoms with E-state index < -0.39 is 33.6 Å². The number of aliphatic hydroxyl groups excluding tert-OH is 1. The molecule has 0 spiro atoms. The van der Waals surface area contributed by atoms with Gasteiger partial charge in [0, 0.05) is 49.1 Å². The zero-order valence-corrected chi connectivity index (χ0v) is 25.7. The number of hydrogen-bond donors (Lipinski definition) is 1. The Kier molecular flexibility index (Phi) is 8.03. The minimum atomic E-state index is -4.66. The van der Waals surface area contributed by atoms with Gasteiger partial charge in [-0.3, -0.25) is 14.5 Å². The number of benzene rings is 2. The molecule has 0 bridgehead atoms. The van der Waals surface area contributed by atoms with Crippen molar-refractivity contribution in [3.8, 4) is 17.4 Å². The van der Waals surface area contributed by atoms with Gasteiger partial charge in [-0.05, 0) is 48.9 Å². The van der Waals surface area contributed by atoms with Crippen molar-refractivity contribution < 1.29 is 37.3 Å². The Hall–Kier alpha value is -3.91.